The number of hydrogen-bond acceptors (Lipinski definition) is 5. The molecular weight excluding hydrogens is 434 g/mol. The van der Waals surface area contributed by atoms with Gasteiger partial charge < -0.3 is 19.4 Å². The maximum atomic E-state index is 13.1. The third kappa shape index (κ3) is 4.03. The molecule has 0 aliphatic carbocycles. The van der Waals surface area contributed by atoms with Gasteiger partial charge in [0, 0.05) is 29.9 Å². The van der Waals surface area contributed by atoms with Gasteiger partial charge in [-0.3, -0.25) is 14.5 Å². The molecule has 1 aromatic heterocycles. The summed E-state index contributed by atoms with van der Waals surface area (Å²) in [7, 11) is 0. The van der Waals surface area contributed by atoms with E-state index in [1.165, 1.54) is 0 Å². The van der Waals surface area contributed by atoms with Crippen molar-refractivity contribution in [2.75, 3.05) is 13.3 Å². The van der Waals surface area contributed by atoms with Crippen molar-refractivity contribution >= 4 is 17.7 Å². The molecule has 3 heterocycles. The molecule has 0 saturated carbocycles. The minimum absolute atomic E-state index is 0.216. The van der Waals surface area contributed by atoms with Crippen LogP contribution in [0.4, 0.5) is 4.79 Å². The number of ether oxygens (including phenoxy) is 2. The lowest BCUT2D eigenvalue weighted by Crippen LogP contribution is -2.36. The number of amides is 3. The number of nitrogens with one attached hydrogen (secondary N) is 1. The first-order chi connectivity index (χ1) is 16.4. The Morgan fingerprint density at radius 2 is 1.76 bits per heavy atom. The highest BCUT2D eigenvalue weighted by Crippen LogP contribution is 2.33. The number of ketones is 1. The Kier molecular flexibility index (Phi) is 5.57. The number of carbonyl (C=O) groups excluding carboxylic acids is 3. The quantitative estimate of drug-likeness (QED) is 0.433. The van der Waals surface area contributed by atoms with Crippen LogP contribution >= 0.6 is 0 Å². The normalized spacial score (nSPS) is 16.8. The Labute approximate surface area is 197 Å². The Hall–Kier alpha value is -4.07. The van der Waals surface area contributed by atoms with E-state index in [2.05, 4.69) is 5.32 Å². The number of fused-ring (bicyclic) bond motifs is 1. The average Bonchev–Trinajstić information content (AvgIpc) is 3.48. The van der Waals surface area contributed by atoms with E-state index in [1.807, 2.05) is 73.0 Å². The second-order valence-electron chi connectivity index (χ2n) is 8.60. The van der Waals surface area contributed by atoms with Crippen LogP contribution in [0.3, 0.4) is 0 Å². The summed E-state index contributed by atoms with van der Waals surface area (Å²) in [6.45, 7) is 4.29. The molecule has 8 heteroatoms. The van der Waals surface area contributed by atoms with E-state index in [1.54, 1.807) is 0 Å². The standard InChI is InChI=1S/C26H25N3O5/c1-16-10-20(17(2)28(16)13-19-8-9-23-24(12-19)34-15-33-23)22(30)14-29-25(31)21(27-26(29)32)11-18-6-4-3-5-7-18/h3-10,12,21H,11,13-15H2,1-2H3,(H,27,32)/t21-/m0/s1. The first kappa shape index (κ1) is 21.8. The third-order valence-electron chi connectivity index (χ3n) is 6.34. The summed E-state index contributed by atoms with van der Waals surface area (Å²) in [6.07, 6.45) is 0.389. The van der Waals surface area contributed by atoms with Gasteiger partial charge in [0.05, 0.1) is 6.54 Å². The van der Waals surface area contributed by atoms with Crippen LogP contribution in [0.2, 0.25) is 0 Å². The van der Waals surface area contributed by atoms with E-state index in [4.69, 9.17) is 9.47 Å². The molecule has 34 heavy (non-hydrogen) atoms. The van der Waals surface area contributed by atoms with E-state index in [9.17, 15) is 14.4 Å². The Morgan fingerprint density at radius 1 is 1.00 bits per heavy atom. The molecule has 5 rings (SSSR count). The van der Waals surface area contributed by atoms with Crippen LogP contribution in [0, 0.1) is 13.8 Å². The van der Waals surface area contributed by atoms with Crippen LogP contribution in [0.25, 0.3) is 0 Å². The SMILES string of the molecule is Cc1cc(C(=O)CN2C(=O)N[C@@H](Cc3ccccc3)C2=O)c(C)n1Cc1ccc2c(c1)OCO2. The zero-order valence-corrected chi connectivity index (χ0v) is 19.0. The fraction of sp³-hybridized carbons (Fsp3) is 0.269. The van der Waals surface area contributed by atoms with Crippen LogP contribution in [0.5, 0.6) is 11.5 Å². The Morgan fingerprint density at radius 3 is 2.56 bits per heavy atom. The van der Waals surface area contributed by atoms with Crippen LogP contribution in [0.1, 0.15) is 32.9 Å². The van der Waals surface area contributed by atoms with Crippen LogP contribution in [-0.2, 0) is 17.8 Å². The predicted octanol–water partition coefficient (Wildman–Crippen LogP) is 3.23. The second kappa shape index (κ2) is 8.70. The summed E-state index contributed by atoms with van der Waals surface area (Å²) in [6, 6.07) is 15.9. The predicted molar refractivity (Wildman–Crippen MR) is 124 cm³/mol. The molecule has 0 unspecified atom stereocenters. The van der Waals surface area contributed by atoms with Gasteiger partial charge in [-0.2, -0.15) is 0 Å². The number of imide groups is 1. The monoisotopic (exact) mass is 459 g/mol. The highest BCUT2D eigenvalue weighted by molar-refractivity contribution is 6.09. The number of hydrogen-bond donors (Lipinski definition) is 1. The van der Waals surface area contributed by atoms with Gasteiger partial charge in [-0.25, -0.2) is 4.79 Å². The van der Waals surface area contributed by atoms with Gasteiger partial charge in [0.15, 0.2) is 17.3 Å². The van der Waals surface area contributed by atoms with Gasteiger partial charge in [0.25, 0.3) is 5.91 Å². The molecule has 1 saturated heterocycles. The summed E-state index contributed by atoms with van der Waals surface area (Å²) in [5.41, 5.74) is 4.17. The first-order valence-corrected chi connectivity index (χ1v) is 11.1. The van der Waals surface area contributed by atoms with Crippen molar-refractivity contribution in [1.82, 2.24) is 14.8 Å². The Balaban J connectivity index is 1.29. The van der Waals surface area contributed by atoms with Crippen LogP contribution in [0.15, 0.2) is 54.6 Å². The largest absolute Gasteiger partial charge is 0.454 e. The summed E-state index contributed by atoms with van der Waals surface area (Å²) >= 11 is 0. The van der Waals surface area contributed by atoms with E-state index in [0.717, 1.165) is 33.2 Å². The number of carbonyl (C=O) groups is 3. The number of nitrogens with zero attached hydrogens (tertiary/aromatic N) is 2. The molecule has 1 atom stereocenters. The van der Waals surface area contributed by atoms with Crippen LogP contribution in [-0.4, -0.2) is 46.6 Å². The Bertz CT molecular complexity index is 1280. The van der Waals surface area contributed by atoms with Gasteiger partial charge in [-0.1, -0.05) is 36.4 Å². The number of benzene rings is 2. The van der Waals surface area contributed by atoms with Crippen molar-refractivity contribution in [2.24, 2.45) is 0 Å². The summed E-state index contributed by atoms with van der Waals surface area (Å²) in [5.74, 6) is 0.782. The highest BCUT2D eigenvalue weighted by Gasteiger charge is 2.39. The van der Waals surface area contributed by atoms with Crippen molar-refractivity contribution in [3.63, 3.8) is 0 Å². The third-order valence-corrected chi connectivity index (χ3v) is 6.34. The molecule has 8 nitrogen and oxygen atoms in total. The number of aromatic nitrogens is 1. The van der Waals surface area contributed by atoms with Gasteiger partial charge >= 0.3 is 6.03 Å². The minimum Gasteiger partial charge on any atom is -0.454 e. The number of aryl methyl sites for hydroxylation is 1. The lowest BCUT2D eigenvalue weighted by molar-refractivity contribution is -0.127. The number of urea groups is 1. The van der Waals surface area contributed by atoms with E-state index in [0.29, 0.717) is 24.3 Å². The van der Waals surface area contributed by atoms with Crippen molar-refractivity contribution in [3.8, 4) is 11.5 Å². The molecule has 0 radical (unpaired) electrons. The molecule has 3 aromatic rings. The summed E-state index contributed by atoms with van der Waals surface area (Å²) < 4.78 is 12.9. The van der Waals surface area contributed by atoms with Gasteiger partial charge in [0.2, 0.25) is 6.79 Å². The molecule has 174 valence electrons. The fourth-order valence-electron chi connectivity index (χ4n) is 4.49. The van der Waals surface area contributed by atoms with Gasteiger partial charge in [-0.15, -0.1) is 0 Å². The van der Waals surface area contributed by atoms with E-state index >= 15 is 0 Å². The molecule has 2 aromatic carbocycles. The maximum Gasteiger partial charge on any atom is 0.325 e. The summed E-state index contributed by atoms with van der Waals surface area (Å²) in [5, 5.41) is 2.70. The lowest BCUT2D eigenvalue weighted by atomic mass is 10.1. The molecule has 1 fully saturated rings. The average molecular weight is 460 g/mol. The molecule has 1 N–H and O–H groups in total. The van der Waals surface area contributed by atoms with Crippen molar-refractivity contribution in [3.05, 3.63) is 82.7 Å². The van der Waals surface area contributed by atoms with Crippen LogP contribution < -0.4 is 14.8 Å². The first-order valence-electron chi connectivity index (χ1n) is 11.1. The maximum absolute atomic E-state index is 13.1. The molecule has 2 aliphatic heterocycles. The molecule has 0 spiro atoms. The second-order valence-corrected chi connectivity index (χ2v) is 8.60. The molecule has 0 bridgehead atoms. The van der Waals surface area contributed by atoms with E-state index in [-0.39, 0.29) is 25.0 Å². The van der Waals surface area contributed by atoms with Crippen molar-refractivity contribution < 1.29 is 23.9 Å². The fourth-order valence-corrected chi connectivity index (χ4v) is 4.49. The highest BCUT2D eigenvalue weighted by atomic mass is 16.7. The van der Waals surface area contributed by atoms with Gasteiger partial charge in [-0.05, 0) is 43.2 Å². The number of Topliss-reactive ketones (excluding diaryl/α,β-unsaturated/α-hetero) is 1. The molecule has 3 amide bonds. The number of rotatable bonds is 7. The topological polar surface area (TPSA) is 89.9 Å². The van der Waals surface area contributed by atoms with Gasteiger partial charge in [0.1, 0.15) is 6.04 Å². The smallest absolute Gasteiger partial charge is 0.325 e. The zero-order valence-electron chi connectivity index (χ0n) is 19.0. The molecule has 2 aliphatic rings. The minimum atomic E-state index is -0.666. The molecular formula is C26H25N3O5. The lowest BCUT2D eigenvalue weighted by Gasteiger charge is -2.13. The van der Waals surface area contributed by atoms with Crippen molar-refractivity contribution in [1.29, 1.82) is 0 Å². The van der Waals surface area contributed by atoms with E-state index < -0.39 is 12.1 Å². The van der Waals surface area contributed by atoms with Crippen molar-refractivity contribution in [2.45, 2.75) is 32.9 Å². The zero-order chi connectivity index (χ0) is 23.8. The summed E-state index contributed by atoms with van der Waals surface area (Å²) in [4.78, 5) is 39.4.